The molecule has 0 unspecified atom stereocenters. The maximum atomic E-state index is 5.90. The topological polar surface area (TPSA) is 46.3 Å². The molecular weight excluding hydrogens is 264 g/mol. The standard InChI is InChI=1S/C17H24N2O2/c1-20-14-7-8-16-15(11-14)17(12-19-16)21-10-9-18-13-5-3-2-4-6-13/h7-8,11-13,18-19H,2-6,9-10H2,1H3. The molecule has 1 aromatic heterocycles. The Bertz CT molecular complexity index is 573. The van der Waals surface area contributed by atoms with E-state index in [0.717, 1.165) is 28.9 Å². The van der Waals surface area contributed by atoms with E-state index < -0.39 is 0 Å². The second-order valence-electron chi connectivity index (χ2n) is 5.70. The van der Waals surface area contributed by atoms with E-state index in [1.165, 1.54) is 32.1 Å². The van der Waals surface area contributed by atoms with Gasteiger partial charge in [-0.1, -0.05) is 19.3 Å². The lowest BCUT2D eigenvalue weighted by Gasteiger charge is -2.22. The summed E-state index contributed by atoms with van der Waals surface area (Å²) < 4.78 is 11.2. The predicted molar refractivity (Wildman–Crippen MR) is 85.2 cm³/mol. The first-order valence-corrected chi connectivity index (χ1v) is 7.88. The number of methoxy groups -OCH3 is 1. The van der Waals surface area contributed by atoms with Gasteiger partial charge in [0.1, 0.15) is 18.1 Å². The zero-order chi connectivity index (χ0) is 14.5. The molecular formula is C17H24N2O2. The minimum Gasteiger partial charge on any atom is -0.497 e. The highest BCUT2D eigenvalue weighted by atomic mass is 16.5. The van der Waals surface area contributed by atoms with Crippen LogP contribution >= 0.6 is 0 Å². The monoisotopic (exact) mass is 288 g/mol. The Hall–Kier alpha value is -1.68. The minimum atomic E-state index is 0.686. The van der Waals surface area contributed by atoms with Crippen molar-refractivity contribution in [2.45, 2.75) is 38.1 Å². The molecule has 0 atom stereocenters. The molecule has 1 aromatic carbocycles. The van der Waals surface area contributed by atoms with Crippen molar-refractivity contribution in [3.05, 3.63) is 24.4 Å². The Morgan fingerprint density at radius 2 is 2.10 bits per heavy atom. The number of ether oxygens (including phenoxy) is 2. The molecule has 2 aromatic rings. The highest BCUT2D eigenvalue weighted by Gasteiger charge is 2.12. The first kappa shape index (κ1) is 14.3. The Kier molecular flexibility index (Phi) is 4.65. The highest BCUT2D eigenvalue weighted by Crippen LogP contribution is 2.28. The average Bonchev–Trinajstić information content (AvgIpc) is 2.95. The molecule has 0 aliphatic heterocycles. The van der Waals surface area contributed by atoms with Crippen LogP contribution in [0, 0.1) is 0 Å². The lowest BCUT2D eigenvalue weighted by molar-refractivity contribution is 0.291. The third-order valence-electron chi connectivity index (χ3n) is 4.25. The van der Waals surface area contributed by atoms with Gasteiger partial charge in [-0.2, -0.15) is 0 Å². The Balaban J connectivity index is 1.52. The molecule has 114 valence electrons. The maximum absolute atomic E-state index is 5.90. The quantitative estimate of drug-likeness (QED) is 0.800. The Morgan fingerprint density at radius 1 is 1.24 bits per heavy atom. The van der Waals surface area contributed by atoms with Crippen LogP contribution in [0.4, 0.5) is 0 Å². The average molecular weight is 288 g/mol. The van der Waals surface area contributed by atoms with Gasteiger partial charge in [0.2, 0.25) is 0 Å². The molecule has 4 nitrogen and oxygen atoms in total. The SMILES string of the molecule is COc1ccc2[nH]cc(OCCNC3CCCCC3)c2c1. The van der Waals surface area contributed by atoms with Gasteiger partial charge >= 0.3 is 0 Å². The number of benzene rings is 1. The number of hydrogen-bond acceptors (Lipinski definition) is 3. The molecule has 1 saturated carbocycles. The van der Waals surface area contributed by atoms with Crippen molar-refractivity contribution in [2.75, 3.05) is 20.3 Å². The molecule has 1 aliphatic rings. The van der Waals surface area contributed by atoms with Crippen molar-refractivity contribution in [3.8, 4) is 11.5 Å². The normalized spacial score (nSPS) is 16.2. The van der Waals surface area contributed by atoms with Gasteiger partial charge in [0.25, 0.3) is 0 Å². The van der Waals surface area contributed by atoms with Crippen LogP contribution in [-0.2, 0) is 0 Å². The van der Waals surface area contributed by atoms with E-state index >= 15 is 0 Å². The van der Waals surface area contributed by atoms with Gasteiger partial charge in [0.15, 0.2) is 0 Å². The van der Waals surface area contributed by atoms with Crippen molar-refractivity contribution in [1.29, 1.82) is 0 Å². The number of aromatic amines is 1. The van der Waals surface area contributed by atoms with E-state index in [4.69, 9.17) is 9.47 Å². The Morgan fingerprint density at radius 3 is 2.90 bits per heavy atom. The molecule has 4 heteroatoms. The Labute approximate surface area is 125 Å². The summed E-state index contributed by atoms with van der Waals surface area (Å²) in [5.41, 5.74) is 1.08. The first-order chi connectivity index (χ1) is 10.4. The van der Waals surface area contributed by atoms with E-state index in [1.807, 2.05) is 24.4 Å². The summed E-state index contributed by atoms with van der Waals surface area (Å²) in [6.07, 6.45) is 8.66. The number of aromatic nitrogens is 1. The summed E-state index contributed by atoms with van der Waals surface area (Å²) in [5, 5.41) is 4.67. The smallest absolute Gasteiger partial charge is 0.144 e. The van der Waals surface area contributed by atoms with Crippen LogP contribution in [0.25, 0.3) is 10.9 Å². The predicted octanol–water partition coefficient (Wildman–Crippen LogP) is 3.48. The molecule has 0 saturated heterocycles. The van der Waals surface area contributed by atoms with Crippen molar-refractivity contribution >= 4 is 10.9 Å². The molecule has 3 rings (SSSR count). The molecule has 2 N–H and O–H groups in total. The second kappa shape index (κ2) is 6.85. The summed E-state index contributed by atoms with van der Waals surface area (Å²) in [6, 6.07) is 6.66. The van der Waals surface area contributed by atoms with Crippen molar-refractivity contribution in [3.63, 3.8) is 0 Å². The van der Waals surface area contributed by atoms with Crippen LogP contribution in [0.5, 0.6) is 11.5 Å². The van der Waals surface area contributed by atoms with E-state index in [2.05, 4.69) is 10.3 Å². The summed E-state index contributed by atoms with van der Waals surface area (Å²) in [5.74, 6) is 1.75. The van der Waals surface area contributed by atoms with Gasteiger partial charge in [-0.05, 0) is 31.0 Å². The number of rotatable bonds is 6. The van der Waals surface area contributed by atoms with Crippen LogP contribution in [0.3, 0.4) is 0 Å². The van der Waals surface area contributed by atoms with E-state index in [9.17, 15) is 0 Å². The summed E-state index contributed by atoms with van der Waals surface area (Å²) in [6.45, 7) is 1.60. The minimum absolute atomic E-state index is 0.686. The maximum Gasteiger partial charge on any atom is 0.144 e. The number of H-pyrrole nitrogens is 1. The van der Waals surface area contributed by atoms with Crippen LogP contribution in [0.1, 0.15) is 32.1 Å². The van der Waals surface area contributed by atoms with Crippen molar-refractivity contribution < 1.29 is 9.47 Å². The van der Waals surface area contributed by atoms with Gasteiger partial charge in [-0.15, -0.1) is 0 Å². The summed E-state index contributed by atoms with van der Waals surface area (Å²) in [4.78, 5) is 3.23. The molecule has 0 bridgehead atoms. The van der Waals surface area contributed by atoms with E-state index in [1.54, 1.807) is 7.11 Å². The first-order valence-electron chi connectivity index (χ1n) is 7.88. The molecule has 1 fully saturated rings. The molecule has 21 heavy (non-hydrogen) atoms. The fourth-order valence-corrected chi connectivity index (χ4v) is 3.05. The van der Waals surface area contributed by atoms with Gasteiger partial charge in [0.05, 0.1) is 7.11 Å². The summed E-state index contributed by atoms with van der Waals surface area (Å²) in [7, 11) is 1.68. The number of fused-ring (bicyclic) bond motifs is 1. The molecule has 0 amide bonds. The van der Waals surface area contributed by atoms with Gasteiger partial charge in [0, 0.05) is 29.7 Å². The fourth-order valence-electron chi connectivity index (χ4n) is 3.05. The van der Waals surface area contributed by atoms with Crippen LogP contribution in [0.15, 0.2) is 24.4 Å². The second-order valence-corrected chi connectivity index (χ2v) is 5.70. The van der Waals surface area contributed by atoms with Crippen molar-refractivity contribution in [2.24, 2.45) is 0 Å². The van der Waals surface area contributed by atoms with Gasteiger partial charge in [-0.25, -0.2) is 0 Å². The zero-order valence-electron chi connectivity index (χ0n) is 12.7. The number of hydrogen-bond donors (Lipinski definition) is 2. The van der Waals surface area contributed by atoms with Crippen LogP contribution < -0.4 is 14.8 Å². The highest BCUT2D eigenvalue weighted by molar-refractivity contribution is 5.87. The lowest BCUT2D eigenvalue weighted by Crippen LogP contribution is -2.34. The lowest BCUT2D eigenvalue weighted by atomic mass is 9.96. The van der Waals surface area contributed by atoms with Crippen LogP contribution in [0.2, 0.25) is 0 Å². The molecule has 1 heterocycles. The van der Waals surface area contributed by atoms with Crippen molar-refractivity contribution in [1.82, 2.24) is 10.3 Å². The third-order valence-corrected chi connectivity index (χ3v) is 4.25. The summed E-state index contributed by atoms with van der Waals surface area (Å²) >= 11 is 0. The largest absolute Gasteiger partial charge is 0.497 e. The molecule has 1 aliphatic carbocycles. The van der Waals surface area contributed by atoms with Crippen LogP contribution in [-0.4, -0.2) is 31.3 Å². The van der Waals surface area contributed by atoms with E-state index in [-0.39, 0.29) is 0 Å². The van der Waals surface area contributed by atoms with E-state index in [0.29, 0.717) is 12.6 Å². The number of nitrogens with one attached hydrogen (secondary N) is 2. The molecule has 0 spiro atoms. The van der Waals surface area contributed by atoms with Gasteiger partial charge in [-0.3, -0.25) is 0 Å². The van der Waals surface area contributed by atoms with Gasteiger partial charge < -0.3 is 19.8 Å². The fraction of sp³-hybridized carbons (Fsp3) is 0.529. The third kappa shape index (κ3) is 3.50. The zero-order valence-corrected chi connectivity index (χ0v) is 12.7. The molecule has 0 radical (unpaired) electrons.